The molecule has 0 saturated carbocycles. The van der Waals surface area contributed by atoms with E-state index in [1.165, 1.54) is 0 Å². The number of hydrogen-bond donors (Lipinski definition) is 0. The van der Waals surface area contributed by atoms with Gasteiger partial charge in [0.1, 0.15) is 5.75 Å². The minimum absolute atomic E-state index is 0.0510. The maximum absolute atomic E-state index is 12.7. The van der Waals surface area contributed by atoms with Crippen LogP contribution in [0.25, 0.3) is 0 Å². The topological polar surface area (TPSA) is 35.5 Å². The van der Waals surface area contributed by atoms with Crippen LogP contribution in [0, 0.1) is 19.8 Å². The van der Waals surface area contributed by atoms with Crippen LogP contribution in [0.5, 0.6) is 5.75 Å². The number of methoxy groups -OCH3 is 1. The van der Waals surface area contributed by atoms with E-state index in [2.05, 4.69) is 15.9 Å². The molecule has 0 unspecified atom stereocenters. The van der Waals surface area contributed by atoms with Gasteiger partial charge in [-0.25, -0.2) is 0 Å². The van der Waals surface area contributed by atoms with E-state index < -0.39 is 0 Å². The molecule has 1 saturated heterocycles. The molecule has 0 N–H and O–H groups in total. The summed E-state index contributed by atoms with van der Waals surface area (Å²) < 4.78 is 11.7. The van der Waals surface area contributed by atoms with E-state index in [0.717, 1.165) is 34.0 Å². The number of aryl methyl sites for hydroxylation is 1. The quantitative estimate of drug-likeness (QED) is 0.795. The normalized spacial score (nSPS) is 16.4. The number of halogens is 1. The fourth-order valence-electron chi connectivity index (χ4n) is 2.57. The Morgan fingerprint density at radius 2 is 2.00 bits per heavy atom. The monoisotopic (exact) mass is 326 g/mol. The van der Waals surface area contributed by atoms with Crippen molar-refractivity contribution in [1.82, 2.24) is 0 Å². The van der Waals surface area contributed by atoms with Gasteiger partial charge in [-0.2, -0.15) is 0 Å². The highest BCUT2D eigenvalue weighted by atomic mass is 79.9. The first kappa shape index (κ1) is 14.5. The van der Waals surface area contributed by atoms with Gasteiger partial charge in [0.2, 0.25) is 0 Å². The highest BCUT2D eigenvalue weighted by molar-refractivity contribution is 9.10. The van der Waals surface area contributed by atoms with Crippen molar-refractivity contribution < 1.29 is 14.3 Å². The fourth-order valence-corrected chi connectivity index (χ4v) is 3.12. The summed E-state index contributed by atoms with van der Waals surface area (Å²) in [5, 5.41) is 0. The molecule has 1 aliphatic heterocycles. The van der Waals surface area contributed by atoms with Gasteiger partial charge in [0.15, 0.2) is 5.78 Å². The first-order chi connectivity index (χ1) is 9.06. The lowest BCUT2D eigenvalue weighted by Crippen LogP contribution is -2.24. The summed E-state index contributed by atoms with van der Waals surface area (Å²) in [6.07, 6.45) is 1.60. The number of hydrogen-bond acceptors (Lipinski definition) is 3. The van der Waals surface area contributed by atoms with Crippen LogP contribution in [0.1, 0.15) is 34.3 Å². The first-order valence-electron chi connectivity index (χ1n) is 6.52. The predicted molar refractivity (Wildman–Crippen MR) is 78.0 cm³/mol. The summed E-state index contributed by atoms with van der Waals surface area (Å²) in [6.45, 7) is 5.26. The number of rotatable bonds is 3. The summed E-state index contributed by atoms with van der Waals surface area (Å²) in [5.74, 6) is 0.939. The van der Waals surface area contributed by atoms with Crippen LogP contribution in [0.2, 0.25) is 0 Å². The summed E-state index contributed by atoms with van der Waals surface area (Å²) in [4.78, 5) is 12.7. The summed E-state index contributed by atoms with van der Waals surface area (Å²) in [7, 11) is 1.62. The Kier molecular flexibility index (Phi) is 4.63. The molecule has 1 heterocycles. The summed E-state index contributed by atoms with van der Waals surface area (Å²) >= 11 is 3.52. The predicted octanol–water partition coefficient (Wildman–Crippen LogP) is 3.68. The number of carbonyl (C=O) groups excluding carboxylic acids is 1. The molecular formula is C15H19BrO3. The van der Waals surface area contributed by atoms with E-state index in [-0.39, 0.29) is 11.7 Å². The maximum atomic E-state index is 12.7. The van der Waals surface area contributed by atoms with Gasteiger partial charge in [-0.05, 0) is 43.9 Å². The summed E-state index contributed by atoms with van der Waals surface area (Å²) in [6, 6.07) is 1.99. The maximum Gasteiger partial charge on any atom is 0.170 e. The first-order valence-corrected chi connectivity index (χ1v) is 7.31. The Labute approximate surface area is 122 Å². The molecule has 0 amide bonds. The molecule has 4 heteroatoms. The largest absolute Gasteiger partial charge is 0.496 e. The van der Waals surface area contributed by atoms with Crippen LogP contribution < -0.4 is 4.74 Å². The zero-order valence-electron chi connectivity index (χ0n) is 11.6. The van der Waals surface area contributed by atoms with Crippen molar-refractivity contribution in [1.29, 1.82) is 0 Å². The van der Waals surface area contributed by atoms with Crippen LogP contribution in [0.3, 0.4) is 0 Å². The molecule has 2 rings (SSSR count). The van der Waals surface area contributed by atoms with Gasteiger partial charge in [0.05, 0.1) is 12.7 Å². The number of benzene rings is 1. The molecule has 0 radical (unpaired) electrons. The minimum atomic E-state index is 0.0510. The third-order valence-corrected chi connectivity index (χ3v) is 4.53. The molecule has 0 aliphatic carbocycles. The highest BCUT2D eigenvalue weighted by Crippen LogP contribution is 2.35. The van der Waals surface area contributed by atoms with E-state index in [1.807, 2.05) is 19.9 Å². The lowest BCUT2D eigenvalue weighted by Gasteiger charge is -2.23. The smallest absolute Gasteiger partial charge is 0.170 e. The van der Waals surface area contributed by atoms with Crippen LogP contribution >= 0.6 is 15.9 Å². The van der Waals surface area contributed by atoms with Gasteiger partial charge >= 0.3 is 0 Å². The lowest BCUT2D eigenvalue weighted by atomic mass is 9.87. The van der Waals surface area contributed by atoms with Crippen molar-refractivity contribution in [2.45, 2.75) is 26.7 Å². The zero-order chi connectivity index (χ0) is 14.0. The zero-order valence-corrected chi connectivity index (χ0v) is 13.2. The number of carbonyl (C=O) groups is 1. The molecule has 0 bridgehead atoms. The van der Waals surface area contributed by atoms with Crippen LogP contribution in [0.15, 0.2) is 10.5 Å². The molecular weight excluding hydrogens is 308 g/mol. The lowest BCUT2D eigenvalue weighted by molar-refractivity contribution is 0.0542. The van der Waals surface area contributed by atoms with Crippen molar-refractivity contribution in [3.8, 4) is 5.75 Å². The highest BCUT2D eigenvalue weighted by Gasteiger charge is 2.28. The van der Waals surface area contributed by atoms with Crippen LogP contribution in [-0.4, -0.2) is 26.1 Å². The molecule has 1 aromatic rings. The second kappa shape index (κ2) is 6.06. The van der Waals surface area contributed by atoms with Crippen molar-refractivity contribution in [2.75, 3.05) is 20.3 Å². The van der Waals surface area contributed by atoms with Gasteiger partial charge < -0.3 is 9.47 Å². The summed E-state index contributed by atoms with van der Waals surface area (Å²) in [5.41, 5.74) is 2.66. The fraction of sp³-hybridized carbons (Fsp3) is 0.533. The van der Waals surface area contributed by atoms with Crippen molar-refractivity contribution >= 4 is 21.7 Å². The van der Waals surface area contributed by atoms with Gasteiger partial charge in [-0.3, -0.25) is 4.79 Å². The number of ether oxygens (including phenoxy) is 2. The second-order valence-corrected chi connectivity index (χ2v) is 5.81. The van der Waals surface area contributed by atoms with Crippen molar-refractivity contribution in [3.63, 3.8) is 0 Å². The van der Waals surface area contributed by atoms with Gasteiger partial charge in [0, 0.05) is 23.6 Å². The Hall–Kier alpha value is -0.870. The Balaban J connectivity index is 2.44. The van der Waals surface area contributed by atoms with Gasteiger partial charge in [0.25, 0.3) is 0 Å². The molecule has 3 nitrogen and oxygen atoms in total. The van der Waals surface area contributed by atoms with Crippen molar-refractivity contribution in [2.24, 2.45) is 5.92 Å². The third-order valence-electron chi connectivity index (χ3n) is 3.70. The molecule has 0 aromatic heterocycles. The standard InChI is InChI=1S/C15H19BrO3/c1-9-8-12(16)10(2)13(15(9)18-3)14(17)11-4-6-19-7-5-11/h8,11H,4-7H2,1-3H3. The molecule has 1 aromatic carbocycles. The molecule has 0 atom stereocenters. The van der Waals surface area contributed by atoms with Gasteiger partial charge in [-0.15, -0.1) is 0 Å². The molecule has 19 heavy (non-hydrogen) atoms. The van der Waals surface area contributed by atoms with E-state index in [1.54, 1.807) is 7.11 Å². The average Bonchev–Trinajstić information content (AvgIpc) is 2.42. The van der Waals surface area contributed by atoms with Crippen molar-refractivity contribution in [3.05, 3.63) is 27.2 Å². The molecule has 0 spiro atoms. The third kappa shape index (κ3) is 2.84. The minimum Gasteiger partial charge on any atom is -0.496 e. The van der Waals surface area contributed by atoms with Crippen LogP contribution in [0.4, 0.5) is 0 Å². The van der Waals surface area contributed by atoms with E-state index >= 15 is 0 Å². The van der Waals surface area contributed by atoms with E-state index in [9.17, 15) is 4.79 Å². The number of ketones is 1. The Morgan fingerprint density at radius 3 is 2.58 bits per heavy atom. The molecule has 104 valence electrons. The Bertz CT molecular complexity index is 491. The molecule has 1 fully saturated rings. The SMILES string of the molecule is COc1c(C)cc(Br)c(C)c1C(=O)C1CCOCC1. The van der Waals surface area contributed by atoms with Gasteiger partial charge in [-0.1, -0.05) is 15.9 Å². The average molecular weight is 327 g/mol. The Morgan fingerprint density at radius 1 is 1.37 bits per heavy atom. The van der Waals surface area contributed by atoms with E-state index in [4.69, 9.17) is 9.47 Å². The number of Topliss-reactive ketones (excluding diaryl/α,β-unsaturated/α-hetero) is 1. The van der Waals surface area contributed by atoms with Crippen LogP contribution in [-0.2, 0) is 4.74 Å². The molecule has 1 aliphatic rings. The second-order valence-electron chi connectivity index (χ2n) is 4.96. The van der Waals surface area contributed by atoms with E-state index in [0.29, 0.717) is 19.0 Å².